The van der Waals surface area contributed by atoms with E-state index in [2.05, 4.69) is 31.3 Å². The van der Waals surface area contributed by atoms with Crippen LogP contribution in [0.25, 0.3) is 0 Å². The van der Waals surface area contributed by atoms with Crippen LogP contribution in [0, 0.1) is 12.8 Å². The normalized spacial score (nSPS) is 16.6. The Morgan fingerprint density at radius 3 is 2.30 bits per heavy atom. The minimum atomic E-state index is -0.295. The van der Waals surface area contributed by atoms with E-state index in [1.54, 1.807) is 0 Å². The van der Waals surface area contributed by atoms with Crippen molar-refractivity contribution < 1.29 is 9.59 Å². The number of hydrogen-bond acceptors (Lipinski definition) is 2. The van der Waals surface area contributed by atoms with Gasteiger partial charge in [0.25, 0.3) is 0 Å². The molecule has 0 spiro atoms. The molecule has 27 heavy (non-hydrogen) atoms. The highest BCUT2D eigenvalue weighted by molar-refractivity contribution is 6.01. The third-order valence-corrected chi connectivity index (χ3v) is 5.45. The SMILES string of the molecule is CCc1cccc(CC)c1N1CC(C(=O)NCc2ccccc2C)CC1=O. The van der Waals surface area contributed by atoms with Crippen LogP contribution in [0.2, 0.25) is 0 Å². The van der Waals surface area contributed by atoms with Crippen molar-refractivity contribution in [1.29, 1.82) is 0 Å². The van der Waals surface area contributed by atoms with Gasteiger partial charge in [-0.3, -0.25) is 9.59 Å². The van der Waals surface area contributed by atoms with Crippen LogP contribution in [0.4, 0.5) is 5.69 Å². The number of aryl methyl sites for hydroxylation is 3. The van der Waals surface area contributed by atoms with Crippen LogP contribution in [0.15, 0.2) is 42.5 Å². The van der Waals surface area contributed by atoms with E-state index in [0.29, 0.717) is 13.1 Å². The molecule has 0 radical (unpaired) electrons. The highest BCUT2D eigenvalue weighted by Crippen LogP contribution is 2.32. The largest absolute Gasteiger partial charge is 0.352 e. The topological polar surface area (TPSA) is 49.4 Å². The second kappa shape index (κ2) is 8.38. The summed E-state index contributed by atoms with van der Waals surface area (Å²) in [5.74, 6) is -0.293. The van der Waals surface area contributed by atoms with Gasteiger partial charge < -0.3 is 10.2 Å². The first-order valence-electron chi connectivity index (χ1n) is 9.78. The van der Waals surface area contributed by atoms with E-state index < -0.39 is 0 Å². The zero-order valence-electron chi connectivity index (χ0n) is 16.4. The maximum Gasteiger partial charge on any atom is 0.227 e. The molecule has 1 aliphatic heterocycles. The predicted octanol–water partition coefficient (Wildman–Crippen LogP) is 3.79. The Balaban J connectivity index is 1.72. The summed E-state index contributed by atoms with van der Waals surface area (Å²) in [4.78, 5) is 27.2. The predicted molar refractivity (Wildman–Crippen MR) is 109 cm³/mol. The van der Waals surface area contributed by atoms with Crippen molar-refractivity contribution in [2.24, 2.45) is 5.92 Å². The van der Waals surface area contributed by atoms with Gasteiger partial charge in [0.05, 0.1) is 5.92 Å². The van der Waals surface area contributed by atoms with Gasteiger partial charge in [-0.15, -0.1) is 0 Å². The zero-order chi connectivity index (χ0) is 19.4. The van der Waals surface area contributed by atoms with Crippen LogP contribution in [0.3, 0.4) is 0 Å². The average molecular weight is 364 g/mol. The van der Waals surface area contributed by atoms with Gasteiger partial charge in [-0.05, 0) is 42.0 Å². The number of benzene rings is 2. The smallest absolute Gasteiger partial charge is 0.227 e. The third-order valence-electron chi connectivity index (χ3n) is 5.45. The molecule has 4 heteroatoms. The number of carbonyl (C=O) groups excluding carboxylic acids is 2. The summed E-state index contributed by atoms with van der Waals surface area (Å²) in [5.41, 5.74) is 5.62. The van der Waals surface area contributed by atoms with Crippen LogP contribution >= 0.6 is 0 Å². The van der Waals surface area contributed by atoms with E-state index in [1.165, 1.54) is 11.1 Å². The molecular formula is C23H28N2O2. The minimum Gasteiger partial charge on any atom is -0.352 e. The fourth-order valence-corrected chi connectivity index (χ4v) is 3.80. The van der Waals surface area contributed by atoms with Crippen LogP contribution in [-0.2, 0) is 29.0 Å². The number of anilines is 1. The first-order valence-corrected chi connectivity index (χ1v) is 9.78. The van der Waals surface area contributed by atoms with Gasteiger partial charge in [-0.2, -0.15) is 0 Å². The summed E-state index contributed by atoms with van der Waals surface area (Å²) < 4.78 is 0. The molecule has 1 unspecified atom stereocenters. The van der Waals surface area contributed by atoms with E-state index in [9.17, 15) is 9.59 Å². The molecule has 142 valence electrons. The Morgan fingerprint density at radius 2 is 1.67 bits per heavy atom. The summed E-state index contributed by atoms with van der Waals surface area (Å²) in [6.07, 6.45) is 2.02. The van der Waals surface area contributed by atoms with Crippen LogP contribution in [0.1, 0.15) is 42.5 Å². The number of para-hydroxylation sites is 1. The van der Waals surface area contributed by atoms with Crippen molar-refractivity contribution in [3.63, 3.8) is 0 Å². The van der Waals surface area contributed by atoms with E-state index >= 15 is 0 Å². The molecule has 1 fully saturated rings. The van der Waals surface area contributed by atoms with Crippen LogP contribution < -0.4 is 10.2 Å². The average Bonchev–Trinajstić information content (AvgIpc) is 3.07. The number of nitrogens with one attached hydrogen (secondary N) is 1. The van der Waals surface area contributed by atoms with Crippen molar-refractivity contribution in [3.8, 4) is 0 Å². The maximum absolute atomic E-state index is 12.7. The van der Waals surface area contributed by atoms with E-state index in [1.807, 2.05) is 42.2 Å². The molecular weight excluding hydrogens is 336 g/mol. The molecule has 0 saturated carbocycles. The Hall–Kier alpha value is -2.62. The summed E-state index contributed by atoms with van der Waals surface area (Å²) in [6, 6.07) is 14.2. The molecule has 4 nitrogen and oxygen atoms in total. The number of amides is 2. The van der Waals surface area contributed by atoms with Gasteiger partial charge in [0, 0.05) is 25.2 Å². The van der Waals surface area contributed by atoms with E-state index in [4.69, 9.17) is 0 Å². The van der Waals surface area contributed by atoms with E-state index in [-0.39, 0.29) is 24.2 Å². The molecule has 1 N–H and O–H groups in total. The highest BCUT2D eigenvalue weighted by Gasteiger charge is 2.36. The number of hydrogen-bond donors (Lipinski definition) is 1. The molecule has 1 heterocycles. The van der Waals surface area contributed by atoms with Crippen LogP contribution in [-0.4, -0.2) is 18.4 Å². The van der Waals surface area contributed by atoms with Gasteiger partial charge in [0.1, 0.15) is 0 Å². The summed E-state index contributed by atoms with van der Waals surface area (Å²) in [6.45, 7) is 7.21. The lowest BCUT2D eigenvalue weighted by Crippen LogP contribution is -2.33. The third kappa shape index (κ3) is 4.05. The van der Waals surface area contributed by atoms with Crippen molar-refractivity contribution in [3.05, 3.63) is 64.7 Å². The molecule has 2 amide bonds. The number of rotatable bonds is 6. The van der Waals surface area contributed by atoms with Gasteiger partial charge in [-0.1, -0.05) is 56.3 Å². The van der Waals surface area contributed by atoms with Gasteiger partial charge in [0.15, 0.2) is 0 Å². The molecule has 0 bridgehead atoms. The molecule has 1 atom stereocenters. The van der Waals surface area contributed by atoms with Gasteiger partial charge >= 0.3 is 0 Å². The Kier molecular flexibility index (Phi) is 5.94. The molecule has 1 aliphatic rings. The molecule has 1 saturated heterocycles. The van der Waals surface area contributed by atoms with Gasteiger partial charge in [0.2, 0.25) is 11.8 Å². The Morgan fingerprint density at radius 1 is 1.04 bits per heavy atom. The van der Waals surface area contributed by atoms with Crippen molar-refractivity contribution >= 4 is 17.5 Å². The summed E-state index contributed by atoms with van der Waals surface area (Å²) in [5, 5.41) is 3.01. The standard InChI is InChI=1S/C23H28N2O2/c1-4-17-11-8-12-18(5-2)22(17)25-15-20(13-21(25)26)23(27)24-14-19-10-7-6-9-16(19)3/h6-12,20H,4-5,13-15H2,1-3H3,(H,24,27). The fourth-order valence-electron chi connectivity index (χ4n) is 3.80. The van der Waals surface area contributed by atoms with Crippen molar-refractivity contribution in [2.75, 3.05) is 11.4 Å². The lowest BCUT2D eigenvalue weighted by Gasteiger charge is -2.23. The van der Waals surface area contributed by atoms with Crippen LogP contribution in [0.5, 0.6) is 0 Å². The molecule has 0 aliphatic carbocycles. The van der Waals surface area contributed by atoms with Crippen molar-refractivity contribution in [1.82, 2.24) is 5.32 Å². The Bertz CT molecular complexity index is 822. The molecule has 2 aromatic carbocycles. The summed E-state index contributed by atoms with van der Waals surface area (Å²) >= 11 is 0. The number of nitrogens with zero attached hydrogens (tertiary/aromatic N) is 1. The fraction of sp³-hybridized carbons (Fsp3) is 0.391. The number of carbonyl (C=O) groups is 2. The summed E-state index contributed by atoms with van der Waals surface area (Å²) in [7, 11) is 0. The first kappa shape index (κ1) is 19.2. The second-order valence-corrected chi connectivity index (χ2v) is 7.18. The van der Waals surface area contributed by atoms with Gasteiger partial charge in [-0.25, -0.2) is 0 Å². The molecule has 0 aromatic heterocycles. The maximum atomic E-state index is 12.7. The minimum absolute atomic E-state index is 0.0406. The quantitative estimate of drug-likeness (QED) is 0.848. The second-order valence-electron chi connectivity index (χ2n) is 7.18. The lowest BCUT2D eigenvalue weighted by molar-refractivity contribution is -0.126. The lowest BCUT2D eigenvalue weighted by atomic mass is 10.0. The molecule has 2 aromatic rings. The monoisotopic (exact) mass is 364 g/mol. The van der Waals surface area contributed by atoms with E-state index in [0.717, 1.165) is 29.7 Å². The molecule has 3 rings (SSSR count). The first-order chi connectivity index (χ1) is 13.0. The zero-order valence-corrected chi connectivity index (χ0v) is 16.4. The highest BCUT2D eigenvalue weighted by atomic mass is 16.2. The Labute approximate surface area is 161 Å². The van der Waals surface area contributed by atoms with Crippen molar-refractivity contribution in [2.45, 2.75) is 46.6 Å².